The van der Waals surface area contributed by atoms with Gasteiger partial charge in [0.05, 0.1) is 13.1 Å². The summed E-state index contributed by atoms with van der Waals surface area (Å²) in [6.07, 6.45) is 1.58. The number of fused-ring (bicyclic) bond motifs is 2. The van der Waals surface area contributed by atoms with Gasteiger partial charge in [-0.05, 0) is 53.2 Å². The molecule has 14 nitrogen and oxygen atoms in total. The molecule has 3 aromatic heterocycles. The fourth-order valence-corrected chi connectivity index (χ4v) is 5.37. The Hall–Kier alpha value is -5.37. The number of rotatable bonds is 6. The Kier molecular flexibility index (Phi) is 6.66. The molecule has 1 fully saturated rings. The lowest BCUT2D eigenvalue weighted by Gasteiger charge is -2.38. The van der Waals surface area contributed by atoms with E-state index in [2.05, 4.69) is 35.6 Å². The van der Waals surface area contributed by atoms with Gasteiger partial charge in [0.2, 0.25) is 18.6 Å². The highest BCUT2D eigenvalue weighted by atomic mass is 16.7. The Balaban J connectivity index is 1.08. The molecule has 7 rings (SSSR count). The Labute approximate surface area is 245 Å². The lowest BCUT2D eigenvalue weighted by Crippen LogP contribution is -2.50. The van der Waals surface area contributed by atoms with Crippen LogP contribution in [0.1, 0.15) is 34.8 Å². The highest BCUT2D eigenvalue weighted by Gasteiger charge is 2.32. The van der Waals surface area contributed by atoms with E-state index in [-0.39, 0.29) is 24.6 Å². The molecule has 1 unspecified atom stereocenters. The first kappa shape index (κ1) is 26.5. The predicted octanol–water partition coefficient (Wildman–Crippen LogP) is 2.65. The number of tetrazole rings is 1. The molecule has 1 saturated heterocycles. The first-order valence-electron chi connectivity index (χ1n) is 13.7. The maximum absolute atomic E-state index is 13.5. The maximum Gasteiger partial charge on any atom is 0.272 e. The van der Waals surface area contributed by atoms with Crippen molar-refractivity contribution in [3.63, 3.8) is 0 Å². The standard InChI is InChI=1S/C29H27N9O5/c1-17(39)31-20-4-6-23-21(15-20)32-28(43-23)19-7-8-30-22(13-19)29(40)38-11-9-37(10-12-38)26(27-33-35-36(2)34-27)18-3-5-24-25(14-18)42-16-41-24/h3-8,13-15,26H,9-12,16H2,1-2H3,(H,31,39). The molecular weight excluding hydrogens is 554 g/mol. The van der Waals surface area contributed by atoms with Crippen molar-refractivity contribution in [1.82, 2.24) is 40.0 Å². The second-order valence-electron chi connectivity index (χ2n) is 10.3. The number of carbonyl (C=O) groups is 2. The van der Waals surface area contributed by atoms with Crippen molar-refractivity contribution >= 4 is 28.6 Å². The quantitative estimate of drug-likeness (QED) is 0.315. The molecule has 2 aliphatic rings. The molecule has 218 valence electrons. The van der Waals surface area contributed by atoms with Gasteiger partial charge in [0.25, 0.3) is 5.91 Å². The van der Waals surface area contributed by atoms with Crippen LogP contribution in [0.25, 0.3) is 22.6 Å². The van der Waals surface area contributed by atoms with E-state index >= 15 is 0 Å². The third kappa shape index (κ3) is 5.23. The minimum atomic E-state index is -0.271. The molecular formula is C29H27N9O5. The van der Waals surface area contributed by atoms with Crippen LogP contribution >= 0.6 is 0 Å². The first-order chi connectivity index (χ1) is 20.9. The Bertz CT molecular complexity index is 1840. The lowest BCUT2D eigenvalue weighted by molar-refractivity contribution is -0.114. The maximum atomic E-state index is 13.5. The number of nitrogens with zero attached hydrogens (tertiary/aromatic N) is 8. The minimum Gasteiger partial charge on any atom is -0.454 e. The molecule has 2 aliphatic heterocycles. The smallest absolute Gasteiger partial charge is 0.272 e. The van der Waals surface area contributed by atoms with Crippen molar-refractivity contribution in [3.05, 3.63) is 71.8 Å². The average molecular weight is 582 g/mol. The molecule has 14 heteroatoms. The molecule has 1 atom stereocenters. The Morgan fingerprint density at radius 1 is 0.977 bits per heavy atom. The van der Waals surface area contributed by atoms with Crippen LogP contribution in [0.4, 0.5) is 5.69 Å². The first-order valence-corrected chi connectivity index (χ1v) is 13.7. The van der Waals surface area contributed by atoms with E-state index in [1.54, 1.807) is 48.5 Å². The number of piperazine rings is 1. The van der Waals surface area contributed by atoms with Crippen LogP contribution in [0.2, 0.25) is 0 Å². The zero-order valence-electron chi connectivity index (χ0n) is 23.4. The van der Waals surface area contributed by atoms with Crippen LogP contribution in [-0.4, -0.2) is 84.8 Å². The van der Waals surface area contributed by atoms with Gasteiger partial charge in [0.15, 0.2) is 22.9 Å². The van der Waals surface area contributed by atoms with E-state index in [4.69, 9.17) is 13.9 Å². The van der Waals surface area contributed by atoms with Gasteiger partial charge in [-0.3, -0.25) is 19.5 Å². The molecule has 2 aromatic carbocycles. The minimum absolute atomic E-state index is 0.171. The number of hydrogen-bond acceptors (Lipinski definition) is 11. The van der Waals surface area contributed by atoms with Crippen LogP contribution in [0.15, 0.2) is 59.1 Å². The van der Waals surface area contributed by atoms with Crippen LogP contribution in [-0.2, 0) is 11.8 Å². The van der Waals surface area contributed by atoms with Gasteiger partial charge in [0.1, 0.15) is 11.2 Å². The van der Waals surface area contributed by atoms with Crippen molar-refractivity contribution < 1.29 is 23.5 Å². The van der Waals surface area contributed by atoms with Crippen molar-refractivity contribution in [2.45, 2.75) is 13.0 Å². The summed E-state index contributed by atoms with van der Waals surface area (Å²) in [6.45, 7) is 3.78. The second-order valence-corrected chi connectivity index (χ2v) is 10.3. The molecule has 0 aliphatic carbocycles. The summed E-state index contributed by atoms with van der Waals surface area (Å²) in [5, 5.41) is 15.6. The van der Waals surface area contributed by atoms with Gasteiger partial charge in [-0.25, -0.2) is 4.98 Å². The molecule has 0 bridgehead atoms. The van der Waals surface area contributed by atoms with Gasteiger partial charge in [-0.15, -0.1) is 10.2 Å². The number of aryl methyl sites for hydroxylation is 1. The van der Waals surface area contributed by atoms with Gasteiger partial charge >= 0.3 is 0 Å². The average Bonchev–Trinajstić information content (AvgIpc) is 3.76. The van der Waals surface area contributed by atoms with E-state index in [1.807, 2.05) is 18.2 Å². The molecule has 1 N–H and O–H groups in total. The van der Waals surface area contributed by atoms with Crippen LogP contribution in [0.3, 0.4) is 0 Å². The van der Waals surface area contributed by atoms with Crippen molar-refractivity contribution in [2.75, 3.05) is 38.3 Å². The number of aromatic nitrogens is 6. The van der Waals surface area contributed by atoms with Crippen molar-refractivity contribution in [3.8, 4) is 23.0 Å². The number of hydrogen-bond donors (Lipinski definition) is 1. The molecule has 5 heterocycles. The zero-order chi connectivity index (χ0) is 29.5. The van der Waals surface area contributed by atoms with E-state index in [1.165, 1.54) is 11.7 Å². The Morgan fingerprint density at radius 2 is 1.81 bits per heavy atom. The number of anilines is 1. The number of carbonyl (C=O) groups excluding carboxylic acids is 2. The van der Waals surface area contributed by atoms with Crippen LogP contribution in [0.5, 0.6) is 11.5 Å². The number of amides is 2. The zero-order valence-corrected chi connectivity index (χ0v) is 23.4. The summed E-state index contributed by atoms with van der Waals surface area (Å²) in [4.78, 5) is 39.3. The molecule has 0 saturated carbocycles. The van der Waals surface area contributed by atoms with Crippen LogP contribution in [0, 0.1) is 0 Å². The third-order valence-corrected chi connectivity index (χ3v) is 7.38. The highest BCUT2D eigenvalue weighted by molar-refractivity contribution is 5.94. The monoisotopic (exact) mass is 581 g/mol. The molecule has 2 amide bonds. The van der Waals surface area contributed by atoms with E-state index in [0.29, 0.717) is 77.4 Å². The van der Waals surface area contributed by atoms with Gasteiger partial charge in [0, 0.05) is 50.6 Å². The van der Waals surface area contributed by atoms with Gasteiger partial charge in [-0.1, -0.05) is 6.07 Å². The summed E-state index contributed by atoms with van der Waals surface area (Å²) < 4.78 is 17.0. The number of oxazole rings is 1. The fraction of sp³-hybridized carbons (Fsp3) is 0.276. The number of pyridine rings is 1. The third-order valence-electron chi connectivity index (χ3n) is 7.38. The van der Waals surface area contributed by atoms with E-state index in [0.717, 1.165) is 5.56 Å². The SMILES string of the molecule is CC(=O)Nc1ccc2oc(-c3ccnc(C(=O)N4CCN(C(c5ccc6c(c5)OCO6)c5nnn(C)n5)CC4)c3)nc2c1. The Morgan fingerprint density at radius 3 is 2.60 bits per heavy atom. The number of nitrogens with one attached hydrogen (secondary N) is 1. The second kappa shape index (κ2) is 10.8. The van der Waals surface area contributed by atoms with Gasteiger partial charge < -0.3 is 24.1 Å². The van der Waals surface area contributed by atoms with E-state index < -0.39 is 0 Å². The molecule has 43 heavy (non-hydrogen) atoms. The van der Waals surface area contributed by atoms with E-state index in [9.17, 15) is 9.59 Å². The fourth-order valence-electron chi connectivity index (χ4n) is 5.37. The summed E-state index contributed by atoms with van der Waals surface area (Å²) in [6, 6.07) is 14.2. The number of ether oxygens (including phenoxy) is 2. The molecule has 0 spiro atoms. The normalized spacial score (nSPS) is 15.5. The summed E-state index contributed by atoms with van der Waals surface area (Å²) in [5.74, 6) is 1.96. The molecule has 5 aromatic rings. The molecule has 0 radical (unpaired) electrons. The van der Waals surface area contributed by atoms with Crippen LogP contribution < -0.4 is 14.8 Å². The lowest BCUT2D eigenvalue weighted by atomic mass is 10.0. The van der Waals surface area contributed by atoms with Crippen molar-refractivity contribution in [2.24, 2.45) is 7.05 Å². The van der Waals surface area contributed by atoms with Crippen molar-refractivity contribution in [1.29, 1.82) is 0 Å². The summed E-state index contributed by atoms with van der Waals surface area (Å²) in [5.41, 5.74) is 3.67. The largest absolute Gasteiger partial charge is 0.454 e. The number of benzene rings is 2. The van der Waals surface area contributed by atoms with Gasteiger partial charge in [-0.2, -0.15) is 4.80 Å². The summed E-state index contributed by atoms with van der Waals surface area (Å²) >= 11 is 0. The highest BCUT2D eigenvalue weighted by Crippen LogP contribution is 2.37. The summed E-state index contributed by atoms with van der Waals surface area (Å²) in [7, 11) is 1.73. The predicted molar refractivity (Wildman–Crippen MR) is 152 cm³/mol. The topological polar surface area (TPSA) is 154 Å².